The number of halogens is 1. The second kappa shape index (κ2) is 4.92. The number of hydrogen-bond donors (Lipinski definition) is 2. The molecule has 2 fully saturated rings. The van der Waals surface area contributed by atoms with Gasteiger partial charge in [-0.1, -0.05) is 30.9 Å². The summed E-state index contributed by atoms with van der Waals surface area (Å²) in [4.78, 5) is 8.98. The molecule has 4 nitrogen and oxygen atoms in total. The topological polar surface area (TPSA) is 63.8 Å². The van der Waals surface area contributed by atoms with E-state index in [4.69, 9.17) is 17.3 Å². The molecule has 0 bridgehead atoms. The number of aromatic nitrogens is 2. The van der Waals surface area contributed by atoms with Crippen LogP contribution in [0.5, 0.6) is 0 Å². The molecule has 98 valence electrons. The molecular weight excluding hydrogens is 248 g/mol. The van der Waals surface area contributed by atoms with Crippen molar-refractivity contribution in [3.8, 4) is 0 Å². The summed E-state index contributed by atoms with van der Waals surface area (Å²) in [5.41, 5.74) is 6.43. The van der Waals surface area contributed by atoms with Crippen molar-refractivity contribution in [3.05, 3.63) is 11.0 Å². The van der Waals surface area contributed by atoms with E-state index in [9.17, 15) is 0 Å². The average molecular weight is 267 g/mol. The smallest absolute Gasteiger partial charge is 0.157 e. The third-order valence-corrected chi connectivity index (χ3v) is 4.09. The molecule has 5 heteroatoms. The summed E-state index contributed by atoms with van der Waals surface area (Å²) in [7, 11) is 0. The van der Waals surface area contributed by atoms with Gasteiger partial charge in [-0.15, -0.1) is 0 Å². The Morgan fingerprint density at radius 3 is 2.44 bits per heavy atom. The van der Waals surface area contributed by atoms with E-state index in [1.807, 2.05) is 0 Å². The van der Waals surface area contributed by atoms with E-state index in [2.05, 4.69) is 15.3 Å². The van der Waals surface area contributed by atoms with Gasteiger partial charge in [0, 0.05) is 12.0 Å². The van der Waals surface area contributed by atoms with Gasteiger partial charge in [-0.2, -0.15) is 0 Å². The van der Waals surface area contributed by atoms with Crippen LogP contribution >= 0.6 is 11.6 Å². The van der Waals surface area contributed by atoms with E-state index in [0.717, 1.165) is 11.6 Å². The lowest BCUT2D eigenvalue weighted by molar-refractivity contribution is 0.429. The molecule has 0 saturated heterocycles. The monoisotopic (exact) mass is 266 g/mol. The van der Waals surface area contributed by atoms with Gasteiger partial charge in [0.1, 0.15) is 11.5 Å². The van der Waals surface area contributed by atoms with Gasteiger partial charge in [-0.3, -0.25) is 0 Å². The predicted molar refractivity (Wildman–Crippen MR) is 73.9 cm³/mol. The summed E-state index contributed by atoms with van der Waals surface area (Å²) in [5.74, 6) is 2.06. The maximum absolute atomic E-state index is 6.13. The summed E-state index contributed by atoms with van der Waals surface area (Å²) < 4.78 is 0. The number of hydrogen-bond acceptors (Lipinski definition) is 4. The molecule has 2 saturated carbocycles. The third-order valence-electron chi connectivity index (χ3n) is 3.80. The van der Waals surface area contributed by atoms with Crippen molar-refractivity contribution in [2.24, 2.45) is 0 Å². The summed E-state index contributed by atoms with van der Waals surface area (Å²) in [6.07, 6.45) is 8.58. The van der Waals surface area contributed by atoms with Gasteiger partial charge in [-0.25, -0.2) is 9.97 Å². The predicted octanol–water partition coefficient (Wildman–Crippen LogP) is 3.33. The Morgan fingerprint density at radius 1 is 1.06 bits per heavy atom. The maximum atomic E-state index is 6.13. The Kier molecular flexibility index (Phi) is 3.29. The molecule has 1 aromatic rings. The molecule has 18 heavy (non-hydrogen) atoms. The van der Waals surface area contributed by atoms with Crippen molar-refractivity contribution in [2.75, 3.05) is 11.1 Å². The highest BCUT2D eigenvalue weighted by Gasteiger charge is 2.25. The molecule has 2 aliphatic carbocycles. The van der Waals surface area contributed by atoms with Gasteiger partial charge in [0.25, 0.3) is 0 Å². The van der Waals surface area contributed by atoms with Crippen LogP contribution in [0.3, 0.4) is 0 Å². The largest absolute Gasteiger partial charge is 0.393 e. The number of nitrogen functional groups attached to an aromatic ring is 1. The van der Waals surface area contributed by atoms with E-state index < -0.39 is 0 Å². The summed E-state index contributed by atoms with van der Waals surface area (Å²) in [6.45, 7) is 0. The number of anilines is 2. The Hall–Kier alpha value is -1.03. The van der Waals surface area contributed by atoms with Crippen LogP contribution in [0.2, 0.25) is 5.15 Å². The Balaban J connectivity index is 1.86. The molecule has 2 aliphatic rings. The fourth-order valence-electron chi connectivity index (χ4n) is 2.53. The lowest BCUT2D eigenvalue weighted by Crippen LogP contribution is -2.14. The molecule has 0 aromatic carbocycles. The zero-order chi connectivity index (χ0) is 12.5. The quantitative estimate of drug-likeness (QED) is 0.824. The second-order valence-corrected chi connectivity index (χ2v) is 5.75. The summed E-state index contributed by atoms with van der Waals surface area (Å²) >= 11 is 6.13. The van der Waals surface area contributed by atoms with Gasteiger partial charge < -0.3 is 11.1 Å². The highest BCUT2D eigenvalue weighted by molar-refractivity contribution is 6.32. The fourth-order valence-corrected chi connectivity index (χ4v) is 2.71. The molecule has 1 aromatic heterocycles. The lowest BCUT2D eigenvalue weighted by atomic mass is 9.89. The molecule has 0 aliphatic heterocycles. The van der Waals surface area contributed by atoms with Crippen molar-refractivity contribution in [1.29, 1.82) is 0 Å². The zero-order valence-electron chi connectivity index (χ0n) is 10.5. The summed E-state index contributed by atoms with van der Waals surface area (Å²) in [6, 6.07) is 0.525. The van der Waals surface area contributed by atoms with Crippen molar-refractivity contribution >= 4 is 23.1 Å². The normalized spacial score (nSPS) is 20.9. The first-order valence-electron chi connectivity index (χ1n) is 6.83. The van der Waals surface area contributed by atoms with Crippen LogP contribution in [-0.4, -0.2) is 16.0 Å². The molecule has 1 heterocycles. The Labute approximate surface area is 112 Å². The molecular formula is C13H19ClN4. The minimum atomic E-state index is 0.397. The van der Waals surface area contributed by atoms with Crippen LogP contribution in [0.1, 0.15) is 56.7 Å². The van der Waals surface area contributed by atoms with Gasteiger partial charge in [0.2, 0.25) is 0 Å². The zero-order valence-corrected chi connectivity index (χ0v) is 11.2. The van der Waals surface area contributed by atoms with Crippen molar-refractivity contribution < 1.29 is 0 Å². The van der Waals surface area contributed by atoms with Gasteiger partial charge >= 0.3 is 0 Å². The van der Waals surface area contributed by atoms with Gasteiger partial charge in [-0.05, 0) is 25.7 Å². The average Bonchev–Trinajstić information content (AvgIpc) is 3.20. The van der Waals surface area contributed by atoms with Crippen molar-refractivity contribution in [1.82, 2.24) is 9.97 Å². The number of rotatable bonds is 3. The first-order chi connectivity index (χ1) is 8.74. The minimum Gasteiger partial charge on any atom is -0.393 e. The third kappa shape index (κ3) is 2.53. The van der Waals surface area contributed by atoms with Crippen LogP contribution in [0.4, 0.5) is 11.5 Å². The van der Waals surface area contributed by atoms with E-state index >= 15 is 0 Å². The van der Waals surface area contributed by atoms with E-state index in [0.29, 0.717) is 22.8 Å². The first kappa shape index (κ1) is 12.0. The van der Waals surface area contributed by atoms with Crippen molar-refractivity contribution in [2.45, 2.75) is 56.9 Å². The molecule has 0 unspecified atom stereocenters. The van der Waals surface area contributed by atoms with Gasteiger partial charge in [0.05, 0.1) is 0 Å². The Morgan fingerprint density at radius 2 is 1.78 bits per heavy atom. The molecule has 3 rings (SSSR count). The molecule has 0 radical (unpaired) electrons. The van der Waals surface area contributed by atoms with E-state index in [1.54, 1.807) is 0 Å². The molecule has 0 atom stereocenters. The molecule has 0 amide bonds. The number of nitrogens with one attached hydrogen (secondary N) is 1. The maximum Gasteiger partial charge on any atom is 0.157 e. The number of nitrogens with two attached hydrogens (primary N) is 1. The highest BCUT2D eigenvalue weighted by Crippen LogP contribution is 2.35. The van der Waals surface area contributed by atoms with Crippen LogP contribution in [0, 0.1) is 0 Å². The molecule has 0 spiro atoms. The van der Waals surface area contributed by atoms with Crippen LogP contribution in [-0.2, 0) is 0 Å². The standard InChI is InChI=1S/C13H19ClN4/c14-11-10(15)13(16-9-6-7-9)18-12(17-11)8-4-2-1-3-5-8/h8-9H,1-7,15H2,(H,16,17,18). The SMILES string of the molecule is Nc1c(Cl)nc(C2CCCCC2)nc1NC1CC1. The van der Waals surface area contributed by atoms with E-state index in [1.165, 1.54) is 44.9 Å². The Bertz CT molecular complexity index is 439. The number of nitrogens with zero attached hydrogens (tertiary/aromatic N) is 2. The van der Waals surface area contributed by atoms with Crippen molar-refractivity contribution in [3.63, 3.8) is 0 Å². The van der Waals surface area contributed by atoms with Crippen LogP contribution in [0.15, 0.2) is 0 Å². The summed E-state index contributed by atoms with van der Waals surface area (Å²) in [5, 5.41) is 3.74. The minimum absolute atomic E-state index is 0.397. The first-order valence-corrected chi connectivity index (χ1v) is 7.21. The van der Waals surface area contributed by atoms with E-state index in [-0.39, 0.29) is 0 Å². The lowest BCUT2D eigenvalue weighted by Gasteiger charge is -2.21. The second-order valence-electron chi connectivity index (χ2n) is 5.39. The molecule has 3 N–H and O–H groups in total. The van der Waals surface area contributed by atoms with Crippen LogP contribution < -0.4 is 11.1 Å². The van der Waals surface area contributed by atoms with Gasteiger partial charge in [0.15, 0.2) is 11.0 Å². The highest BCUT2D eigenvalue weighted by atomic mass is 35.5. The van der Waals surface area contributed by atoms with Crippen LogP contribution in [0.25, 0.3) is 0 Å². The fraction of sp³-hybridized carbons (Fsp3) is 0.692.